The molecule has 0 fully saturated rings. The molecule has 1 aromatic rings. The van der Waals surface area contributed by atoms with E-state index in [1.54, 1.807) is 0 Å². The minimum absolute atomic E-state index is 0.0728. The number of carbonyl (C=O) groups is 2. The Labute approximate surface area is 92.2 Å². The molecule has 0 aliphatic rings. The number of nitrogens with zero attached hydrogens (tertiary/aromatic N) is 2. The van der Waals surface area contributed by atoms with Crippen LogP contribution in [-0.2, 0) is 4.79 Å². The summed E-state index contributed by atoms with van der Waals surface area (Å²) in [7, 11) is 0. The van der Waals surface area contributed by atoms with Gasteiger partial charge in [-0.05, 0) is 13.3 Å². The first-order valence-electron chi connectivity index (χ1n) is 4.91. The number of H-pyrrole nitrogens is 1. The third-order valence-corrected chi connectivity index (χ3v) is 2.26. The molecule has 1 aromatic heterocycles. The van der Waals surface area contributed by atoms with Crippen LogP contribution >= 0.6 is 0 Å². The van der Waals surface area contributed by atoms with E-state index in [1.165, 1.54) is 13.1 Å². The van der Waals surface area contributed by atoms with Crippen molar-refractivity contribution >= 4 is 11.9 Å². The van der Waals surface area contributed by atoms with Crippen LogP contribution in [0, 0.1) is 0 Å². The maximum Gasteiger partial charge on any atom is 0.329 e. The third kappa shape index (κ3) is 2.56. The Morgan fingerprint density at radius 1 is 1.62 bits per heavy atom. The van der Waals surface area contributed by atoms with E-state index in [9.17, 15) is 9.59 Å². The maximum absolute atomic E-state index is 11.6. The Morgan fingerprint density at radius 2 is 2.31 bits per heavy atom. The summed E-state index contributed by atoms with van der Waals surface area (Å²) >= 11 is 0. The molecule has 3 N–H and O–H groups in total. The van der Waals surface area contributed by atoms with Crippen molar-refractivity contribution in [2.45, 2.75) is 32.2 Å². The van der Waals surface area contributed by atoms with Gasteiger partial charge in [0.15, 0.2) is 5.69 Å². The SMILES string of the molecule is CCCC(C)(NC(=O)c1cn[nH]n1)C(=O)O. The van der Waals surface area contributed by atoms with Crippen LogP contribution in [0.15, 0.2) is 6.20 Å². The number of carboxylic acids is 1. The zero-order valence-corrected chi connectivity index (χ0v) is 9.15. The average molecular weight is 226 g/mol. The van der Waals surface area contributed by atoms with Gasteiger partial charge in [0.2, 0.25) is 0 Å². The lowest BCUT2D eigenvalue weighted by molar-refractivity contribution is -0.144. The molecular weight excluding hydrogens is 212 g/mol. The molecule has 1 amide bonds. The molecule has 7 nitrogen and oxygen atoms in total. The first-order valence-corrected chi connectivity index (χ1v) is 4.91. The van der Waals surface area contributed by atoms with Gasteiger partial charge in [0, 0.05) is 0 Å². The summed E-state index contributed by atoms with van der Waals surface area (Å²) in [5.74, 6) is -1.61. The Balaban J connectivity index is 2.77. The summed E-state index contributed by atoms with van der Waals surface area (Å²) in [5, 5.41) is 20.8. The average Bonchev–Trinajstić information content (AvgIpc) is 2.70. The van der Waals surface area contributed by atoms with Gasteiger partial charge >= 0.3 is 5.97 Å². The number of aromatic amines is 1. The lowest BCUT2D eigenvalue weighted by Gasteiger charge is -2.25. The Morgan fingerprint density at radius 3 is 2.75 bits per heavy atom. The van der Waals surface area contributed by atoms with E-state index in [0.717, 1.165) is 0 Å². The van der Waals surface area contributed by atoms with Gasteiger partial charge in [-0.15, -0.1) is 0 Å². The number of hydrogen-bond donors (Lipinski definition) is 3. The number of nitrogens with one attached hydrogen (secondary N) is 2. The zero-order valence-electron chi connectivity index (χ0n) is 9.15. The van der Waals surface area contributed by atoms with Crippen LogP contribution in [0.3, 0.4) is 0 Å². The number of hydrogen-bond acceptors (Lipinski definition) is 4. The number of rotatable bonds is 5. The van der Waals surface area contributed by atoms with Crippen LogP contribution in [0.1, 0.15) is 37.2 Å². The number of carboxylic acid groups (broad SMARTS) is 1. The fourth-order valence-electron chi connectivity index (χ4n) is 1.35. The highest BCUT2D eigenvalue weighted by Gasteiger charge is 2.34. The Bertz CT molecular complexity index is 376. The fourth-order valence-corrected chi connectivity index (χ4v) is 1.35. The second kappa shape index (κ2) is 4.73. The highest BCUT2D eigenvalue weighted by Crippen LogP contribution is 2.13. The lowest BCUT2D eigenvalue weighted by Crippen LogP contribution is -2.52. The van der Waals surface area contributed by atoms with Crippen molar-refractivity contribution in [1.82, 2.24) is 20.7 Å². The predicted molar refractivity (Wildman–Crippen MR) is 54.8 cm³/mol. The number of aliphatic carboxylic acids is 1. The number of amides is 1. The number of aromatic nitrogens is 3. The van der Waals surface area contributed by atoms with Gasteiger partial charge in [-0.2, -0.15) is 15.4 Å². The van der Waals surface area contributed by atoms with Gasteiger partial charge in [0.25, 0.3) is 5.91 Å². The highest BCUT2D eigenvalue weighted by atomic mass is 16.4. The van der Waals surface area contributed by atoms with Crippen LogP contribution in [0.5, 0.6) is 0 Å². The molecule has 7 heteroatoms. The largest absolute Gasteiger partial charge is 0.480 e. The summed E-state index contributed by atoms with van der Waals surface area (Å²) < 4.78 is 0. The second-order valence-electron chi connectivity index (χ2n) is 3.70. The van der Waals surface area contributed by atoms with Crippen LogP contribution in [-0.4, -0.2) is 37.9 Å². The standard InChI is InChI=1S/C9H14N4O3/c1-3-4-9(2,8(15)16)11-7(14)6-5-10-13-12-6/h5H,3-4H2,1-2H3,(H,11,14)(H,15,16)(H,10,12,13). The highest BCUT2D eigenvalue weighted by molar-refractivity contribution is 5.95. The molecule has 0 radical (unpaired) electrons. The molecule has 0 bridgehead atoms. The van der Waals surface area contributed by atoms with Crippen molar-refractivity contribution in [2.75, 3.05) is 0 Å². The minimum Gasteiger partial charge on any atom is -0.480 e. The van der Waals surface area contributed by atoms with Crippen LogP contribution in [0.2, 0.25) is 0 Å². The van der Waals surface area contributed by atoms with Crippen molar-refractivity contribution in [2.24, 2.45) is 0 Å². The molecule has 0 spiro atoms. The van der Waals surface area contributed by atoms with Gasteiger partial charge in [-0.1, -0.05) is 13.3 Å². The fraction of sp³-hybridized carbons (Fsp3) is 0.556. The predicted octanol–water partition coefficient (Wildman–Crippen LogP) is 0.178. The van der Waals surface area contributed by atoms with Gasteiger partial charge in [0.05, 0.1) is 6.20 Å². The molecule has 16 heavy (non-hydrogen) atoms. The van der Waals surface area contributed by atoms with E-state index >= 15 is 0 Å². The molecule has 0 aliphatic carbocycles. The van der Waals surface area contributed by atoms with Crippen molar-refractivity contribution in [1.29, 1.82) is 0 Å². The smallest absolute Gasteiger partial charge is 0.329 e. The first kappa shape index (κ1) is 12.2. The normalized spacial score (nSPS) is 14.1. The third-order valence-electron chi connectivity index (χ3n) is 2.26. The summed E-state index contributed by atoms with van der Waals surface area (Å²) in [6.45, 7) is 3.32. The van der Waals surface area contributed by atoms with Gasteiger partial charge in [-0.25, -0.2) is 4.79 Å². The Kier molecular flexibility index (Phi) is 3.60. The molecule has 0 aliphatic heterocycles. The van der Waals surface area contributed by atoms with E-state index in [4.69, 9.17) is 5.11 Å². The number of carbonyl (C=O) groups excluding carboxylic acids is 1. The summed E-state index contributed by atoms with van der Waals surface area (Å²) in [6, 6.07) is 0. The van der Waals surface area contributed by atoms with E-state index in [1.807, 2.05) is 6.92 Å². The molecule has 1 heterocycles. The minimum atomic E-state index is -1.27. The van der Waals surface area contributed by atoms with Crippen LogP contribution < -0.4 is 5.32 Å². The zero-order chi connectivity index (χ0) is 12.2. The quantitative estimate of drug-likeness (QED) is 0.663. The monoisotopic (exact) mass is 226 g/mol. The van der Waals surface area contributed by atoms with Crippen molar-refractivity contribution in [3.8, 4) is 0 Å². The van der Waals surface area contributed by atoms with Gasteiger partial charge in [-0.3, -0.25) is 4.79 Å². The molecular formula is C9H14N4O3. The molecule has 88 valence electrons. The Hall–Kier alpha value is -1.92. The van der Waals surface area contributed by atoms with E-state index in [0.29, 0.717) is 12.8 Å². The van der Waals surface area contributed by atoms with E-state index in [-0.39, 0.29) is 5.69 Å². The molecule has 1 rings (SSSR count). The van der Waals surface area contributed by atoms with E-state index < -0.39 is 17.4 Å². The van der Waals surface area contributed by atoms with Gasteiger partial charge < -0.3 is 10.4 Å². The molecule has 0 aromatic carbocycles. The summed E-state index contributed by atoms with van der Waals surface area (Å²) in [4.78, 5) is 22.7. The van der Waals surface area contributed by atoms with Crippen molar-refractivity contribution in [3.05, 3.63) is 11.9 Å². The molecule has 1 unspecified atom stereocenters. The summed E-state index contributed by atoms with van der Waals surface area (Å²) in [5.41, 5.74) is -1.20. The van der Waals surface area contributed by atoms with Crippen molar-refractivity contribution in [3.63, 3.8) is 0 Å². The van der Waals surface area contributed by atoms with Gasteiger partial charge in [0.1, 0.15) is 5.54 Å². The first-order chi connectivity index (χ1) is 7.49. The molecule has 1 atom stereocenters. The van der Waals surface area contributed by atoms with Crippen molar-refractivity contribution < 1.29 is 14.7 Å². The maximum atomic E-state index is 11.6. The topological polar surface area (TPSA) is 108 Å². The van der Waals surface area contributed by atoms with Crippen LogP contribution in [0.4, 0.5) is 0 Å². The summed E-state index contributed by atoms with van der Waals surface area (Å²) in [6.07, 6.45) is 2.25. The second-order valence-corrected chi connectivity index (χ2v) is 3.70. The lowest BCUT2D eigenvalue weighted by atomic mass is 9.96. The molecule has 0 saturated heterocycles. The van der Waals surface area contributed by atoms with E-state index in [2.05, 4.69) is 20.7 Å². The molecule has 0 saturated carbocycles. The van der Waals surface area contributed by atoms with Crippen LogP contribution in [0.25, 0.3) is 0 Å².